The first kappa shape index (κ1) is 16.6. The first-order chi connectivity index (χ1) is 10.7. The van der Waals surface area contributed by atoms with E-state index in [1.807, 2.05) is 18.3 Å². The average Bonchev–Trinajstić information content (AvgIpc) is 2.91. The fraction of sp³-hybridized carbons (Fsp3) is 0.500. The number of aromatic nitrogens is 1. The molecule has 0 atom stereocenters. The Kier molecular flexibility index (Phi) is 6.46. The maximum atomic E-state index is 12.0. The van der Waals surface area contributed by atoms with Gasteiger partial charge in [-0.15, -0.1) is 0 Å². The SMILES string of the molecule is CCCN(CCC)CC(=O)NCCc1c[nH]c2ccccc12. The summed E-state index contributed by atoms with van der Waals surface area (Å²) in [7, 11) is 0. The number of nitrogens with zero attached hydrogens (tertiary/aromatic N) is 1. The van der Waals surface area contributed by atoms with Crippen LogP contribution in [0.4, 0.5) is 0 Å². The second-order valence-electron chi connectivity index (χ2n) is 5.74. The first-order valence-electron chi connectivity index (χ1n) is 8.28. The number of carbonyl (C=O) groups excluding carboxylic acids is 1. The third-order valence-electron chi connectivity index (χ3n) is 3.84. The number of hydrogen-bond acceptors (Lipinski definition) is 2. The average molecular weight is 301 g/mol. The molecule has 2 rings (SSSR count). The number of aromatic amines is 1. The number of nitrogens with one attached hydrogen (secondary N) is 2. The van der Waals surface area contributed by atoms with Gasteiger partial charge in [0.25, 0.3) is 0 Å². The van der Waals surface area contributed by atoms with Gasteiger partial charge < -0.3 is 10.3 Å². The van der Waals surface area contributed by atoms with Crippen molar-refractivity contribution < 1.29 is 4.79 Å². The zero-order chi connectivity index (χ0) is 15.8. The summed E-state index contributed by atoms with van der Waals surface area (Å²) in [6, 6.07) is 8.27. The molecule has 2 N–H and O–H groups in total. The summed E-state index contributed by atoms with van der Waals surface area (Å²) >= 11 is 0. The number of rotatable bonds is 9. The Hall–Kier alpha value is -1.81. The summed E-state index contributed by atoms with van der Waals surface area (Å²) in [5.74, 6) is 0.127. The van der Waals surface area contributed by atoms with Crippen LogP contribution in [0.25, 0.3) is 10.9 Å². The van der Waals surface area contributed by atoms with Crippen molar-refractivity contribution in [2.24, 2.45) is 0 Å². The second-order valence-corrected chi connectivity index (χ2v) is 5.74. The third-order valence-corrected chi connectivity index (χ3v) is 3.84. The van der Waals surface area contributed by atoms with Crippen molar-refractivity contribution >= 4 is 16.8 Å². The predicted molar refractivity (Wildman–Crippen MR) is 92.0 cm³/mol. The van der Waals surface area contributed by atoms with Gasteiger partial charge >= 0.3 is 0 Å². The molecule has 0 saturated heterocycles. The van der Waals surface area contributed by atoms with E-state index in [1.54, 1.807) is 0 Å². The monoisotopic (exact) mass is 301 g/mol. The molecule has 0 unspecified atom stereocenters. The Morgan fingerprint density at radius 2 is 1.91 bits per heavy atom. The van der Waals surface area contributed by atoms with Crippen molar-refractivity contribution in [3.8, 4) is 0 Å². The number of benzene rings is 1. The van der Waals surface area contributed by atoms with E-state index in [2.05, 4.69) is 41.2 Å². The Labute approximate surface area is 132 Å². The van der Waals surface area contributed by atoms with Gasteiger partial charge in [-0.1, -0.05) is 32.0 Å². The fourth-order valence-corrected chi connectivity index (χ4v) is 2.84. The Balaban J connectivity index is 1.79. The van der Waals surface area contributed by atoms with Crippen molar-refractivity contribution in [1.82, 2.24) is 15.2 Å². The molecule has 0 aliphatic carbocycles. The minimum Gasteiger partial charge on any atom is -0.361 e. The molecular formula is C18H27N3O. The molecule has 4 nitrogen and oxygen atoms in total. The van der Waals surface area contributed by atoms with Gasteiger partial charge in [0.1, 0.15) is 0 Å². The van der Waals surface area contributed by atoms with Crippen LogP contribution < -0.4 is 5.32 Å². The summed E-state index contributed by atoms with van der Waals surface area (Å²) in [6.45, 7) is 7.48. The van der Waals surface area contributed by atoms with Crippen LogP contribution in [-0.2, 0) is 11.2 Å². The predicted octanol–water partition coefficient (Wildman–Crippen LogP) is 2.95. The van der Waals surface area contributed by atoms with E-state index in [4.69, 9.17) is 0 Å². The molecule has 1 aromatic carbocycles. The molecule has 0 spiro atoms. The molecule has 1 amide bonds. The molecule has 4 heteroatoms. The largest absolute Gasteiger partial charge is 0.361 e. The Morgan fingerprint density at radius 3 is 2.64 bits per heavy atom. The molecule has 0 bridgehead atoms. The number of para-hydroxylation sites is 1. The van der Waals surface area contributed by atoms with Crippen LogP contribution in [0.5, 0.6) is 0 Å². The number of amides is 1. The lowest BCUT2D eigenvalue weighted by atomic mass is 10.1. The lowest BCUT2D eigenvalue weighted by molar-refractivity contribution is -0.122. The minimum atomic E-state index is 0.127. The van der Waals surface area contributed by atoms with Crippen LogP contribution >= 0.6 is 0 Å². The molecule has 1 heterocycles. The molecule has 0 radical (unpaired) electrons. The van der Waals surface area contributed by atoms with Crippen molar-refractivity contribution in [2.75, 3.05) is 26.2 Å². The third kappa shape index (κ3) is 4.60. The van der Waals surface area contributed by atoms with Gasteiger partial charge in [0.05, 0.1) is 6.54 Å². The van der Waals surface area contributed by atoms with Gasteiger partial charge in [-0.25, -0.2) is 0 Å². The topological polar surface area (TPSA) is 48.1 Å². The van der Waals surface area contributed by atoms with E-state index < -0.39 is 0 Å². The molecule has 22 heavy (non-hydrogen) atoms. The van der Waals surface area contributed by atoms with Crippen LogP contribution in [0.1, 0.15) is 32.3 Å². The van der Waals surface area contributed by atoms with Crippen LogP contribution in [0, 0.1) is 0 Å². The standard InChI is InChI=1S/C18H27N3O/c1-3-11-21(12-4-2)14-18(22)19-10-9-15-13-20-17-8-6-5-7-16(15)17/h5-8,13,20H,3-4,9-12,14H2,1-2H3,(H,19,22). The normalized spacial score (nSPS) is 11.2. The number of H-pyrrole nitrogens is 1. The van der Waals surface area contributed by atoms with Crippen LogP contribution in [-0.4, -0.2) is 42.0 Å². The maximum absolute atomic E-state index is 12.0. The molecular weight excluding hydrogens is 274 g/mol. The smallest absolute Gasteiger partial charge is 0.234 e. The number of carbonyl (C=O) groups is 1. The lowest BCUT2D eigenvalue weighted by Gasteiger charge is -2.20. The van der Waals surface area contributed by atoms with Gasteiger partial charge in [0, 0.05) is 23.6 Å². The van der Waals surface area contributed by atoms with E-state index in [1.165, 1.54) is 10.9 Å². The zero-order valence-corrected chi connectivity index (χ0v) is 13.7. The van der Waals surface area contributed by atoms with Crippen LogP contribution in [0.3, 0.4) is 0 Å². The summed E-state index contributed by atoms with van der Waals surface area (Å²) in [4.78, 5) is 17.5. The summed E-state index contributed by atoms with van der Waals surface area (Å²) < 4.78 is 0. The maximum Gasteiger partial charge on any atom is 0.234 e. The second kappa shape index (κ2) is 8.59. The highest BCUT2D eigenvalue weighted by atomic mass is 16.2. The van der Waals surface area contributed by atoms with E-state index >= 15 is 0 Å². The molecule has 0 aliphatic heterocycles. The van der Waals surface area contributed by atoms with Crippen molar-refractivity contribution in [3.63, 3.8) is 0 Å². The molecule has 120 valence electrons. The Morgan fingerprint density at radius 1 is 1.18 bits per heavy atom. The molecule has 0 saturated carbocycles. The van der Waals surface area contributed by atoms with Crippen LogP contribution in [0.15, 0.2) is 30.5 Å². The van der Waals surface area contributed by atoms with E-state index in [0.717, 1.165) is 37.9 Å². The first-order valence-corrected chi connectivity index (χ1v) is 8.28. The van der Waals surface area contributed by atoms with Crippen molar-refractivity contribution in [3.05, 3.63) is 36.0 Å². The van der Waals surface area contributed by atoms with Crippen molar-refractivity contribution in [1.29, 1.82) is 0 Å². The molecule has 1 aromatic heterocycles. The van der Waals surface area contributed by atoms with Gasteiger partial charge in [-0.05, 0) is 44.0 Å². The lowest BCUT2D eigenvalue weighted by Crippen LogP contribution is -2.38. The van der Waals surface area contributed by atoms with Crippen LogP contribution in [0.2, 0.25) is 0 Å². The quantitative estimate of drug-likeness (QED) is 0.748. The summed E-state index contributed by atoms with van der Waals surface area (Å²) in [5, 5.41) is 4.28. The van der Waals surface area contributed by atoms with E-state index in [0.29, 0.717) is 13.1 Å². The molecule has 0 fully saturated rings. The highest BCUT2D eigenvalue weighted by Gasteiger charge is 2.09. The highest BCUT2D eigenvalue weighted by Crippen LogP contribution is 2.17. The summed E-state index contributed by atoms with van der Waals surface area (Å²) in [6.07, 6.45) is 5.07. The van der Waals surface area contributed by atoms with Gasteiger partial charge in [0.15, 0.2) is 0 Å². The van der Waals surface area contributed by atoms with Gasteiger partial charge in [0.2, 0.25) is 5.91 Å². The van der Waals surface area contributed by atoms with E-state index in [-0.39, 0.29) is 5.91 Å². The van der Waals surface area contributed by atoms with E-state index in [9.17, 15) is 4.79 Å². The minimum absolute atomic E-state index is 0.127. The number of fused-ring (bicyclic) bond motifs is 1. The fourth-order valence-electron chi connectivity index (χ4n) is 2.84. The Bertz CT molecular complexity index is 585. The zero-order valence-electron chi connectivity index (χ0n) is 13.7. The summed E-state index contributed by atoms with van der Waals surface area (Å²) in [5.41, 5.74) is 2.41. The number of hydrogen-bond donors (Lipinski definition) is 2. The highest BCUT2D eigenvalue weighted by molar-refractivity contribution is 5.83. The van der Waals surface area contributed by atoms with Gasteiger partial charge in [-0.3, -0.25) is 9.69 Å². The van der Waals surface area contributed by atoms with Gasteiger partial charge in [-0.2, -0.15) is 0 Å². The molecule has 0 aliphatic rings. The van der Waals surface area contributed by atoms with Crippen molar-refractivity contribution in [2.45, 2.75) is 33.1 Å². The molecule has 2 aromatic rings.